The summed E-state index contributed by atoms with van der Waals surface area (Å²) in [5.74, 6) is 0.680. The van der Waals surface area contributed by atoms with E-state index in [1.807, 2.05) is 6.92 Å². The van der Waals surface area contributed by atoms with Gasteiger partial charge in [-0.1, -0.05) is 0 Å². The predicted molar refractivity (Wildman–Crippen MR) is 64.4 cm³/mol. The van der Waals surface area contributed by atoms with E-state index in [9.17, 15) is 4.79 Å². The minimum Gasteiger partial charge on any atom is -0.366 e. The van der Waals surface area contributed by atoms with Crippen LogP contribution in [-0.2, 0) is 0 Å². The molecule has 1 atom stereocenters. The van der Waals surface area contributed by atoms with Gasteiger partial charge in [-0.15, -0.1) is 0 Å². The molecular weight excluding hydrogens is 204 g/mol. The molecule has 0 bridgehead atoms. The van der Waals surface area contributed by atoms with Gasteiger partial charge in [0.15, 0.2) is 0 Å². The number of anilines is 1. The second-order valence-electron chi connectivity index (χ2n) is 3.91. The van der Waals surface area contributed by atoms with Gasteiger partial charge in [0.2, 0.25) is 0 Å². The van der Waals surface area contributed by atoms with Crippen molar-refractivity contribution in [1.29, 1.82) is 0 Å². The number of carbonyl (C=O) groups excluding carboxylic acids is 1. The van der Waals surface area contributed by atoms with Crippen molar-refractivity contribution in [3.8, 4) is 0 Å². The Hall–Kier alpha value is -1.62. The lowest BCUT2D eigenvalue weighted by Crippen LogP contribution is -2.26. The summed E-state index contributed by atoms with van der Waals surface area (Å²) in [7, 11) is 3.43. The van der Waals surface area contributed by atoms with Crippen molar-refractivity contribution in [3.63, 3.8) is 0 Å². The molecule has 1 unspecified atom stereocenters. The van der Waals surface area contributed by atoms with Crippen molar-refractivity contribution in [1.82, 2.24) is 9.88 Å². The highest BCUT2D eigenvalue weighted by Gasteiger charge is 2.08. The fourth-order valence-electron chi connectivity index (χ4n) is 1.18. The molecule has 16 heavy (non-hydrogen) atoms. The molecule has 0 aromatic carbocycles. The van der Waals surface area contributed by atoms with Crippen LogP contribution in [0.2, 0.25) is 0 Å². The second-order valence-corrected chi connectivity index (χ2v) is 3.91. The molecule has 0 aliphatic heterocycles. The second kappa shape index (κ2) is 5.46. The van der Waals surface area contributed by atoms with E-state index in [1.165, 1.54) is 4.90 Å². The topological polar surface area (TPSA) is 71.2 Å². The number of nitrogens with two attached hydrogens (primary N) is 1. The van der Waals surface area contributed by atoms with Gasteiger partial charge in [-0.05, 0) is 19.1 Å². The third-order valence-electron chi connectivity index (χ3n) is 2.16. The minimum absolute atomic E-state index is 0.0501. The lowest BCUT2D eigenvalue weighted by atomic mass is 10.2. The molecule has 1 aromatic heterocycles. The average Bonchev–Trinajstić information content (AvgIpc) is 2.28. The molecule has 0 fully saturated rings. The molecule has 0 aliphatic carbocycles. The summed E-state index contributed by atoms with van der Waals surface area (Å²) in [5, 5.41) is 3.13. The number of rotatable bonds is 4. The van der Waals surface area contributed by atoms with Crippen LogP contribution in [0, 0.1) is 0 Å². The number of hydrogen-bond acceptors (Lipinski definition) is 4. The number of hydrogen-bond donors (Lipinski definition) is 2. The number of amides is 1. The fraction of sp³-hybridized carbons (Fsp3) is 0.455. The molecule has 0 aliphatic rings. The number of aromatic nitrogens is 1. The molecule has 1 amide bonds. The van der Waals surface area contributed by atoms with Gasteiger partial charge in [0.05, 0.1) is 5.56 Å². The standard InChI is InChI=1S/C11H18N4O/c1-8(6-12)14-10-5-4-9(7-13-10)11(16)15(2)3/h4-5,7-8H,6,12H2,1-3H3,(H,13,14). The molecule has 1 aromatic rings. The smallest absolute Gasteiger partial charge is 0.254 e. The van der Waals surface area contributed by atoms with E-state index in [-0.39, 0.29) is 11.9 Å². The first-order chi connectivity index (χ1) is 7.54. The Morgan fingerprint density at radius 3 is 2.69 bits per heavy atom. The molecule has 88 valence electrons. The van der Waals surface area contributed by atoms with E-state index in [0.717, 1.165) is 5.82 Å². The normalized spacial score (nSPS) is 12.0. The average molecular weight is 222 g/mol. The molecule has 1 rings (SSSR count). The van der Waals surface area contributed by atoms with Crippen molar-refractivity contribution < 1.29 is 4.79 Å². The Balaban J connectivity index is 2.71. The highest BCUT2D eigenvalue weighted by molar-refractivity contribution is 5.93. The molecule has 0 saturated heterocycles. The highest BCUT2D eigenvalue weighted by atomic mass is 16.2. The summed E-state index contributed by atoms with van der Waals surface area (Å²) in [5.41, 5.74) is 6.07. The molecule has 5 heteroatoms. The largest absolute Gasteiger partial charge is 0.366 e. The van der Waals surface area contributed by atoms with E-state index >= 15 is 0 Å². The number of nitrogens with one attached hydrogen (secondary N) is 1. The van der Waals surface area contributed by atoms with Gasteiger partial charge in [0.1, 0.15) is 5.82 Å². The first-order valence-electron chi connectivity index (χ1n) is 5.19. The summed E-state index contributed by atoms with van der Waals surface area (Å²) in [6, 6.07) is 3.70. The van der Waals surface area contributed by atoms with E-state index in [1.54, 1.807) is 32.4 Å². The zero-order valence-corrected chi connectivity index (χ0v) is 9.90. The molecular formula is C11H18N4O. The monoisotopic (exact) mass is 222 g/mol. The fourth-order valence-corrected chi connectivity index (χ4v) is 1.18. The van der Waals surface area contributed by atoms with E-state index in [2.05, 4.69) is 10.3 Å². The van der Waals surface area contributed by atoms with Crippen LogP contribution in [0.5, 0.6) is 0 Å². The molecule has 3 N–H and O–H groups in total. The van der Waals surface area contributed by atoms with Gasteiger partial charge in [-0.3, -0.25) is 4.79 Å². The summed E-state index contributed by atoms with van der Waals surface area (Å²) < 4.78 is 0. The predicted octanol–water partition coefficient (Wildman–Crippen LogP) is 0.542. The van der Waals surface area contributed by atoms with Crippen molar-refractivity contribution in [2.45, 2.75) is 13.0 Å². The summed E-state index contributed by atoms with van der Waals surface area (Å²) in [4.78, 5) is 17.3. The van der Waals surface area contributed by atoms with E-state index in [0.29, 0.717) is 12.1 Å². The third kappa shape index (κ3) is 3.20. The van der Waals surface area contributed by atoms with Gasteiger partial charge in [0.25, 0.3) is 5.91 Å². The first kappa shape index (κ1) is 12.4. The van der Waals surface area contributed by atoms with Crippen LogP contribution in [0.15, 0.2) is 18.3 Å². The van der Waals surface area contributed by atoms with Crippen LogP contribution in [0.4, 0.5) is 5.82 Å². The summed E-state index contributed by atoms with van der Waals surface area (Å²) >= 11 is 0. The lowest BCUT2D eigenvalue weighted by molar-refractivity contribution is 0.0827. The highest BCUT2D eigenvalue weighted by Crippen LogP contribution is 2.07. The molecule has 0 spiro atoms. The Morgan fingerprint density at radius 2 is 2.25 bits per heavy atom. The minimum atomic E-state index is -0.0501. The molecule has 0 radical (unpaired) electrons. The Morgan fingerprint density at radius 1 is 1.56 bits per heavy atom. The number of pyridine rings is 1. The van der Waals surface area contributed by atoms with Crippen LogP contribution < -0.4 is 11.1 Å². The zero-order valence-electron chi connectivity index (χ0n) is 9.90. The summed E-state index contributed by atoms with van der Waals surface area (Å²) in [6.45, 7) is 2.51. The molecule has 0 saturated carbocycles. The molecule has 1 heterocycles. The van der Waals surface area contributed by atoms with Gasteiger partial charge in [-0.2, -0.15) is 0 Å². The van der Waals surface area contributed by atoms with Crippen molar-refractivity contribution in [2.75, 3.05) is 26.0 Å². The number of carbonyl (C=O) groups is 1. The first-order valence-corrected chi connectivity index (χ1v) is 5.19. The summed E-state index contributed by atoms with van der Waals surface area (Å²) in [6.07, 6.45) is 1.56. The van der Waals surface area contributed by atoms with Crippen LogP contribution >= 0.6 is 0 Å². The Bertz CT molecular complexity index is 348. The maximum absolute atomic E-state index is 11.6. The van der Waals surface area contributed by atoms with Gasteiger partial charge in [0, 0.05) is 32.9 Å². The zero-order chi connectivity index (χ0) is 12.1. The van der Waals surface area contributed by atoms with Crippen molar-refractivity contribution in [3.05, 3.63) is 23.9 Å². The quantitative estimate of drug-likeness (QED) is 0.780. The Kier molecular flexibility index (Phi) is 4.25. The van der Waals surface area contributed by atoms with Crippen LogP contribution in [0.1, 0.15) is 17.3 Å². The van der Waals surface area contributed by atoms with E-state index in [4.69, 9.17) is 5.73 Å². The van der Waals surface area contributed by atoms with E-state index < -0.39 is 0 Å². The van der Waals surface area contributed by atoms with Gasteiger partial charge < -0.3 is 16.0 Å². The number of nitrogens with zero attached hydrogens (tertiary/aromatic N) is 2. The van der Waals surface area contributed by atoms with Crippen molar-refractivity contribution in [2.24, 2.45) is 5.73 Å². The Labute approximate surface area is 95.7 Å². The SMILES string of the molecule is CC(CN)Nc1ccc(C(=O)N(C)C)cn1. The third-order valence-corrected chi connectivity index (χ3v) is 2.16. The van der Waals surface area contributed by atoms with Crippen LogP contribution in [0.3, 0.4) is 0 Å². The lowest BCUT2D eigenvalue weighted by Gasteiger charge is -2.13. The van der Waals surface area contributed by atoms with Crippen molar-refractivity contribution >= 4 is 11.7 Å². The maximum Gasteiger partial charge on any atom is 0.254 e. The molecule has 5 nitrogen and oxygen atoms in total. The van der Waals surface area contributed by atoms with Gasteiger partial charge in [-0.25, -0.2) is 4.98 Å². The van der Waals surface area contributed by atoms with Crippen LogP contribution in [-0.4, -0.2) is 42.5 Å². The van der Waals surface area contributed by atoms with Gasteiger partial charge >= 0.3 is 0 Å². The van der Waals surface area contributed by atoms with Crippen LogP contribution in [0.25, 0.3) is 0 Å². The maximum atomic E-state index is 11.6.